The molecule has 9 nitrogen and oxygen atoms in total. The van der Waals surface area contributed by atoms with Crippen LogP contribution >= 0.6 is 0 Å². The molecule has 1 aliphatic rings. The van der Waals surface area contributed by atoms with Crippen molar-refractivity contribution in [3.63, 3.8) is 0 Å². The summed E-state index contributed by atoms with van der Waals surface area (Å²) in [5.41, 5.74) is 1.54. The number of nitrogens with one attached hydrogen (secondary N) is 3. The molecule has 1 amide bonds. The molecule has 246 valence electrons. The summed E-state index contributed by atoms with van der Waals surface area (Å²) in [5.74, 6) is -0.203. The van der Waals surface area contributed by atoms with Gasteiger partial charge in [0, 0.05) is 29.3 Å². The van der Waals surface area contributed by atoms with Crippen LogP contribution < -0.4 is 15.4 Å². The Hall–Kier alpha value is -4.12. The number of benzene rings is 2. The van der Waals surface area contributed by atoms with Crippen LogP contribution in [0.15, 0.2) is 48.8 Å². The first-order valence-electron chi connectivity index (χ1n) is 16.0. The van der Waals surface area contributed by atoms with Gasteiger partial charge in [0.2, 0.25) is 5.91 Å². The van der Waals surface area contributed by atoms with Crippen molar-refractivity contribution in [2.75, 3.05) is 30.3 Å². The minimum absolute atomic E-state index is 0.109. The molecule has 0 bridgehead atoms. The van der Waals surface area contributed by atoms with Gasteiger partial charge in [-0.3, -0.25) is 14.8 Å². The third kappa shape index (κ3) is 7.99. The molecular formula is C35H45F2N7O2. The summed E-state index contributed by atoms with van der Waals surface area (Å²) >= 11 is 0. The number of fused-ring (bicyclic) bond motifs is 1. The maximum Gasteiger partial charge on any atom is 0.230 e. The SMILES string of the molecule is CC(C)(C)C1CCN(CCCCOc2ccc3c(Nc4cc(CC(=O)Nc5cccc(F)c5F)[nH]n4)ncnc3c2)C1C(C)(C)C. The summed E-state index contributed by atoms with van der Waals surface area (Å²) < 4.78 is 33.4. The van der Waals surface area contributed by atoms with E-state index in [4.69, 9.17) is 4.74 Å². The van der Waals surface area contributed by atoms with Gasteiger partial charge in [0.15, 0.2) is 17.5 Å². The van der Waals surface area contributed by atoms with Crippen LogP contribution in [0, 0.1) is 28.4 Å². The molecule has 1 saturated heterocycles. The average molecular weight is 634 g/mol. The molecule has 0 aliphatic carbocycles. The van der Waals surface area contributed by atoms with Crippen LogP contribution in [0.3, 0.4) is 0 Å². The van der Waals surface area contributed by atoms with Crippen LogP contribution in [0.1, 0.15) is 66.5 Å². The molecule has 5 rings (SSSR count). The number of aromatic nitrogens is 4. The lowest BCUT2D eigenvalue weighted by Crippen LogP contribution is -2.46. The number of likely N-dealkylation sites (tertiary alicyclic amines) is 1. The first-order valence-corrected chi connectivity index (χ1v) is 16.0. The van der Waals surface area contributed by atoms with Crippen molar-refractivity contribution >= 4 is 34.1 Å². The van der Waals surface area contributed by atoms with Crippen molar-refractivity contribution in [1.82, 2.24) is 25.1 Å². The standard InChI is InChI=1S/C35H45F2N7O2/c1-34(2,3)25-14-16-44(32(25)35(4,5)6)15-7-8-17-46-23-12-13-24-28(20-23)38-21-39-33(24)41-29-18-22(42-43-29)19-30(45)40-27-11-9-10-26(36)31(27)37/h9-13,18,20-21,25,32H,7-8,14-17,19H2,1-6H3,(H,40,45)(H2,38,39,41,42,43). The number of carbonyl (C=O) groups excluding carboxylic acids is 1. The van der Waals surface area contributed by atoms with Crippen LogP contribution in [-0.4, -0.2) is 56.7 Å². The van der Waals surface area contributed by atoms with Crippen molar-refractivity contribution in [3.8, 4) is 5.75 Å². The molecule has 2 aromatic heterocycles. The maximum atomic E-state index is 13.9. The molecule has 1 aliphatic heterocycles. The Kier molecular flexibility index (Phi) is 9.91. The van der Waals surface area contributed by atoms with E-state index in [1.165, 1.54) is 24.9 Å². The van der Waals surface area contributed by atoms with E-state index in [2.05, 4.69) is 77.2 Å². The van der Waals surface area contributed by atoms with E-state index in [0.717, 1.165) is 48.6 Å². The highest BCUT2D eigenvalue weighted by molar-refractivity contribution is 5.93. The highest BCUT2D eigenvalue weighted by atomic mass is 19.2. The number of H-pyrrole nitrogens is 1. The van der Waals surface area contributed by atoms with Gasteiger partial charge in [0.05, 0.1) is 24.2 Å². The van der Waals surface area contributed by atoms with Crippen LogP contribution in [0.2, 0.25) is 0 Å². The number of amides is 1. The second-order valence-electron chi connectivity index (χ2n) is 14.3. The van der Waals surface area contributed by atoms with Crippen LogP contribution in [0.4, 0.5) is 26.1 Å². The number of nitrogens with zero attached hydrogens (tertiary/aromatic N) is 4. The molecule has 0 saturated carbocycles. The maximum absolute atomic E-state index is 13.9. The van der Waals surface area contributed by atoms with E-state index in [-0.39, 0.29) is 17.5 Å². The Morgan fingerprint density at radius 2 is 1.85 bits per heavy atom. The molecule has 2 unspecified atom stereocenters. The summed E-state index contributed by atoms with van der Waals surface area (Å²) in [6, 6.07) is 11.6. The molecule has 2 atom stereocenters. The Labute approximate surface area is 269 Å². The minimum Gasteiger partial charge on any atom is -0.494 e. The second kappa shape index (κ2) is 13.7. The fourth-order valence-corrected chi connectivity index (χ4v) is 6.60. The largest absolute Gasteiger partial charge is 0.494 e. The normalized spacial score (nSPS) is 17.4. The van der Waals surface area contributed by atoms with E-state index in [1.54, 1.807) is 6.07 Å². The van der Waals surface area contributed by atoms with Gasteiger partial charge in [-0.1, -0.05) is 47.6 Å². The highest BCUT2D eigenvalue weighted by Crippen LogP contribution is 2.45. The number of halogens is 2. The minimum atomic E-state index is -1.10. The predicted octanol–water partition coefficient (Wildman–Crippen LogP) is 7.50. The fourth-order valence-electron chi connectivity index (χ4n) is 6.60. The van der Waals surface area contributed by atoms with E-state index in [1.807, 2.05) is 18.2 Å². The van der Waals surface area contributed by atoms with E-state index in [0.29, 0.717) is 41.3 Å². The van der Waals surface area contributed by atoms with E-state index >= 15 is 0 Å². The lowest BCUT2D eigenvalue weighted by atomic mass is 9.69. The molecule has 3 heterocycles. The Morgan fingerprint density at radius 3 is 2.61 bits per heavy atom. The predicted molar refractivity (Wildman–Crippen MR) is 177 cm³/mol. The van der Waals surface area contributed by atoms with Crippen molar-refractivity contribution in [3.05, 3.63) is 66.1 Å². The molecule has 1 fully saturated rings. The lowest BCUT2D eigenvalue weighted by Gasteiger charge is -2.43. The zero-order valence-corrected chi connectivity index (χ0v) is 27.6. The first-order chi connectivity index (χ1) is 21.8. The summed E-state index contributed by atoms with van der Waals surface area (Å²) in [6.07, 6.45) is 4.68. The third-order valence-corrected chi connectivity index (χ3v) is 8.67. The van der Waals surface area contributed by atoms with Gasteiger partial charge >= 0.3 is 0 Å². The van der Waals surface area contributed by atoms with Crippen LogP contribution in [-0.2, 0) is 11.2 Å². The third-order valence-electron chi connectivity index (χ3n) is 8.67. The number of rotatable bonds is 11. The number of hydrogen-bond donors (Lipinski definition) is 3. The topological polar surface area (TPSA) is 108 Å². The zero-order chi connectivity index (χ0) is 33.1. The van der Waals surface area contributed by atoms with Gasteiger partial charge < -0.3 is 15.4 Å². The summed E-state index contributed by atoms with van der Waals surface area (Å²) in [5, 5.41) is 13.3. The molecule has 3 N–H and O–H groups in total. The van der Waals surface area contributed by atoms with Crippen LogP contribution in [0.25, 0.3) is 10.9 Å². The highest BCUT2D eigenvalue weighted by Gasteiger charge is 2.45. The van der Waals surface area contributed by atoms with Crippen molar-refractivity contribution in [1.29, 1.82) is 0 Å². The number of carbonyl (C=O) groups is 1. The van der Waals surface area contributed by atoms with E-state index in [9.17, 15) is 13.6 Å². The average Bonchev–Trinajstić information content (AvgIpc) is 3.62. The number of ether oxygens (including phenoxy) is 1. The monoisotopic (exact) mass is 633 g/mol. The Balaban J connectivity index is 1.12. The summed E-state index contributed by atoms with van der Waals surface area (Å²) in [7, 11) is 0. The molecule has 0 spiro atoms. The molecule has 46 heavy (non-hydrogen) atoms. The molecule has 4 aromatic rings. The second-order valence-corrected chi connectivity index (χ2v) is 14.3. The van der Waals surface area contributed by atoms with Gasteiger partial charge in [-0.25, -0.2) is 18.7 Å². The Morgan fingerprint density at radius 1 is 1.04 bits per heavy atom. The first kappa shape index (κ1) is 33.2. The van der Waals surface area contributed by atoms with Gasteiger partial charge in [-0.15, -0.1) is 0 Å². The van der Waals surface area contributed by atoms with Gasteiger partial charge in [0.25, 0.3) is 0 Å². The fraction of sp³-hybridized carbons (Fsp3) is 0.486. The number of hydrogen-bond acceptors (Lipinski definition) is 7. The number of anilines is 3. The van der Waals surface area contributed by atoms with E-state index < -0.39 is 17.5 Å². The van der Waals surface area contributed by atoms with Crippen LogP contribution in [0.5, 0.6) is 5.75 Å². The Bertz CT molecular complexity index is 1660. The van der Waals surface area contributed by atoms with Gasteiger partial charge in [0.1, 0.15) is 17.9 Å². The van der Waals surface area contributed by atoms with Gasteiger partial charge in [-0.2, -0.15) is 5.10 Å². The number of unbranched alkanes of at least 4 members (excludes halogenated alkanes) is 1. The molecule has 11 heteroatoms. The summed E-state index contributed by atoms with van der Waals surface area (Å²) in [4.78, 5) is 23.9. The summed E-state index contributed by atoms with van der Waals surface area (Å²) in [6.45, 7) is 17.1. The van der Waals surface area contributed by atoms with Gasteiger partial charge in [-0.05, 0) is 73.4 Å². The zero-order valence-electron chi connectivity index (χ0n) is 27.6. The molecular weight excluding hydrogens is 588 g/mol. The lowest BCUT2D eigenvalue weighted by molar-refractivity contribution is -0.115. The van der Waals surface area contributed by atoms with Crippen molar-refractivity contribution in [2.24, 2.45) is 16.7 Å². The molecule has 2 aromatic carbocycles. The quantitative estimate of drug-likeness (QED) is 0.147. The molecule has 0 radical (unpaired) electrons. The van der Waals surface area contributed by atoms with Crippen molar-refractivity contribution < 1.29 is 18.3 Å². The smallest absolute Gasteiger partial charge is 0.230 e. The van der Waals surface area contributed by atoms with Crippen molar-refractivity contribution in [2.45, 2.75) is 73.3 Å². The number of aromatic amines is 1.